The molecule has 0 saturated carbocycles. The van der Waals surface area contributed by atoms with Gasteiger partial charge in [0.05, 0.1) is 17.2 Å². The SMILES string of the molecule is CN1C(=O)C(NC(=O)CSc2ccccc2)N=C(c2ccccc2)c2ccccc21. The van der Waals surface area contributed by atoms with Crippen molar-refractivity contribution in [2.75, 3.05) is 17.7 Å². The van der Waals surface area contributed by atoms with E-state index in [1.165, 1.54) is 11.8 Å². The number of carbonyl (C=O) groups is 2. The lowest BCUT2D eigenvalue weighted by Gasteiger charge is -2.20. The molecule has 6 heteroatoms. The van der Waals surface area contributed by atoms with Crippen molar-refractivity contribution in [3.63, 3.8) is 0 Å². The Labute approximate surface area is 179 Å². The van der Waals surface area contributed by atoms with Crippen LogP contribution in [0.3, 0.4) is 0 Å². The average Bonchev–Trinajstić information content (AvgIpc) is 2.90. The highest BCUT2D eigenvalue weighted by molar-refractivity contribution is 8.00. The Bertz CT molecular complexity index is 1080. The molecule has 3 aromatic rings. The number of aliphatic imine (C=N–C) groups is 1. The molecule has 1 N–H and O–H groups in total. The van der Waals surface area contributed by atoms with E-state index in [1.54, 1.807) is 11.9 Å². The Kier molecular flexibility index (Phi) is 5.95. The van der Waals surface area contributed by atoms with Crippen LogP contribution in [0, 0.1) is 0 Å². The highest BCUT2D eigenvalue weighted by Gasteiger charge is 2.30. The zero-order chi connectivity index (χ0) is 20.9. The molecule has 2 amide bonds. The molecule has 0 aliphatic carbocycles. The fraction of sp³-hybridized carbons (Fsp3) is 0.125. The summed E-state index contributed by atoms with van der Waals surface area (Å²) in [6.07, 6.45) is -0.985. The molecule has 3 aromatic carbocycles. The number of hydrogen-bond donors (Lipinski definition) is 1. The van der Waals surface area contributed by atoms with E-state index in [4.69, 9.17) is 4.99 Å². The third-order valence-corrected chi connectivity index (χ3v) is 5.81. The van der Waals surface area contributed by atoms with Gasteiger partial charge in [-0.15, -0.1) is 11.8 Å². The van der Waals surface area contributed by atoms with Gasteiger partial charge in [-0.3, -0.25) is 9.59 Å². The number of amides is 2. The maximum absolute atomic E-state index is 13.1. The number of para-hydroxylation sites is 1. The number of benzene rings is 3. The number of thioether (sulfide) groups is 1. The van der Waals surface area contributed by atoms with Crippen LogP contribution >= 0.6 is 11.8 Å². The summed E-state index contributed by atoms with van der Waals surface area (Å²) in [4.78, 5) is 32.9. The molecule has 0 saturated heterocycles. The third kappa shape index (κ3) is 4.28. The first-order chi connectivity index (χ1) is 14.6. The van der Waals surface area contributed by atoms with Crippen molar-refractivity contribution in [2.24, 2.45) is 4.99 Å². The first kappa shape index (κ1) is 19.9. The maximum atomic E-state index is 13.1. The number of carbonyl (C=O) groups excluding carboxylic acids is 2. The zero-order valence-corrected chi connectivity index (χ0v) is 17.3. The molecule has 0 fully saturated rings. The number of anilines is 1. The summed E-state index contributed by atoms with van der Waals surface area (Å²) < 4.78 is 0. The number of nitrogens with zero attached hydrogens (tertiary/aromatic N) is 2. The monoisotopic (exact) mass is 415 g/mol. The molecule has 0 spiro atoms. The Morgan fingerprint density at radius 3 is 2.33 bits per heavy atom. The van der Waals surface area contributed by atoms with Gasteiger partial charge in [0.1, 0.15) is 0 Å². The molecule has 4 rings (SSSR count). The molecule has 1 atom stereocenters. The van der Waals surface area contributed by atoms with Crippen LogP contribution in [0.2, 0.25) is 0 Å². The van der Waals surface area contributed by atoms with Crippen molar-refractivity contribution in [3.8, 4) is 0 Å². The van der Waals surface area contributed by atoms with Crippen LogP contribution in [0.1, 0.15) is 11.1 Å². The predicted molar refractivity (Wildman–Crippen MR) is 121 cm³/mol. The van der Waals surface area contributed by atoms with Crippen molar-refractivity contribution in [1.29, 1.82) is 0 Å². The second kappa shape index (κ2) is 8.97. The zero-order valence-electron chi connectivity index (χ0n) is 16.5. The summed E-state index contributed by atoms with van der Waals surface area (Å²) >= 11 is 1.42. The van der Waals surface area contributed by atoms with E-state index < -0.39 is 6.17 Å². The van der Waals surface area contributed by atoms with Crippen LogP contribution in [0.4, 0.5) is 5.69 Å². The topological polar surface area (TPSA) is 61.8 Å². The summed E-state index contributed by atoms with van der Waals surface area (Å²) in [5.41, 5.74) is 3.20. The first-order valence-corrected chi connectivity index (χ1v) is 10.6. The van der Waals surface area contributed by atoms with Gasteiger partial charge in [-0.05, 0) is 18.2 Å². The third-order valence-electron chi connectivity index (χ3n) is 4.80. The summed E-state index contributed by atoms with van der Waals surface area (Å²) in [6.45, 7) is 0. The van der Waals surface area contributed by atoms with Gasteiger partial charge in [0, 0.05) is 23.1 Å². The molecule has 1 unspecified atom stereocenters. The molecule has 150 valence electrons. The summed E-state index contributed by atoms with van der Waals surface area (Å²) in [7, 11) is 1.71. The molecule has 5 nitrogen and oxygen atoms in total. The molecular formula is C24H21N3O2S. The Balaban J connectivity index is 1.62. The van der Waals surface area contributed by atoms with Gasteiger partial charge in [0.25, 0.3) is 5.91 Å². The van der Waals surface area contributed by atoms with Gasteiger partial charge in [-0.2, -0.15) is 0 Å². The second-order valence-electron chi connectivity index (χ2n) is 6.83. The molecule has 0 aromatic heterocycles. The van der Waals surface area contributed by atoms with Gasteiger partial charge in [0.15, 0.2) is 0 Å². The molecule has 1 aliphatic rings. The normalized spacial score (nSPS) is 15.8. The second-order valence-corrected chi connectivity index (χ2v) is 7.88. The predicted octanol–water partition coefficient (Wildman–Crippen LogP) is 3.74. The highest BCUT2D eigenvalue weighted by atomic mass is 32.2. The molecule has 0 radical (unpaired) electrons. The molecule has 1 heterocycles. The minimum atomic E-state index is -0.985. The number of benzodiazepines with no additional fused rings is 1. The number of fused-ring (bicyclic) bond motifs is 1. The summed E-state index contributed by atoms with van der Waals surface area (Å²) in [5, 5.41) is 2.81. The van der Waals surface area contributed by atoms with E-state index in [2.05, 4.69) is 5.32 Å². The van der Waals surface area contributed by atoms with Crippen molar-refractivity contribution in [3.05, 3.63) is 96.1 Å². The van der Waals surface area contributed by atoms with Crippen LogP contribution in [-0.2, 0) is 9.59 Å². The van der Waals surface area contributed by atoms with Gasteiger partial charge in [-0.1, -0.05) is 66.7 Å². The van der Waals surface area contributed by atoms with E-state index in [-0.39, 0.29) is 17.6 Å². The first-order valence-electron chi connectivity index (χ1n) is 9.61. The smallest absolute Gasteiger partial charge is 0.272 e. The number of hydrogen-bond acceptors (Lipinski definition) is 4. The van der Waals surface area contributed by atoms with E-state index >= 15 is 0 Å². The summed E-state index contributed by atoms with van der Waals surface area (Å²) in [6, 6.07) is 27.0. The largest absolute Gasteiger partial charge is 0.326 e. The number of rotatable bonds is 5. The Morgan fingerprint density at radius 1 is 0.967 bits per heavy atom. The average molecular weight is 416 g/mol. The molecule has 1 aliphatic heterocycles. The van der Waals surface area contributed by atoms with E-state index in [9.17, 15) is 9.59 Å². The Hall–Kier alpha value is -3.38. The van der Waals surface area contributed by atoms with Gasteiger partial charge >= 0.3 is 0 Å². The van der Waals surface area contributed by atoms with Gasteiger partial charge in [0.2, 0.25) is 12.1 Å². The van der Waals surface area contributed by atoms with Crippen molar-refractivity contribution < 1.29 is 9.59 Å². The van der Waals surface area contributed by atoms with Gasteiger partial charge < -0.3 is 10.2 Å². The fourth-order valence-corrected chi connectivity index (χ4v) is 4.03. The lowest BCUT2D eigenvalue weighted by molar-refractivity contribution is -0.125. The minimum absolute atomic E-state index is 0.209. The molecule has 0 bridgehead atoms. The van der Waals surface area contributed by atoms with Gasteiger partial charge in [-0.25, -0.2) is 4.99 Å². The highest BCUT2D eigenvalue weighted by Crippen LogP contribution is 2.27. The molecular weight excluding hydrogens is 394 g/mol. The number of likely N-dealkylation sites (N-methyl/N-ethyl adjacent to an activating group) is 1. The molecule has 30 heavy (non-hydrogen) atoms. The van der Waals surface area contributed by atoms with E-state index in [0.29, 0.717) is 5.71 Å². The van der Waals surface area contributed by atoms with Crippen LogP contribution < -0.4 is 10.2 Å². The lowest BCUT2D eigenvalue weighted by atomic mass is 10.0. The van der Waals surface area contributed by atoms with Crippen LogP contribution in [0.15, 0.2) is 94.8 Å². The van der Waals surface area contributed by atoms with E-state index in [1.807, 2.05) is 84.9 Å². The standard InChI is InChI=1S/C24H21N3O2S/c1-27-20-15-9-8-14-19(20)22(17-10-4-2-5-11-17)26-23(24(27)29)25-21(28)16-30-18-12-6-3-7-13-18/h2-15,23H,16H2,1H3,(H,25,28). The minimum Gasteiger partial charge on any atom is -0.326 e. The fourth-order valence-electron chi connectivity index (χ4n) is 3.30. The quantitative estimate of drug-likeness (QED) is 0.646. The number of nitrogens with one attached hydrogen (secondary N) is 1. The van der Waals surface area contributed by atoms with Crippen LogP contribution in [0.5, 0.6) is 0 Å². The van der Waals surface area contributed by atoms with Crippen LogP contribution in [-0.4, -0.2) is 36.5 Å². The van der Waals surface area contributed by atoms with E-state index in [0.717, 1.165) is 21.7 Å². The lowest BCUT2D eigenvalue weighted by Crippen LogP contribution is -2.46. The van der Waals surface area contributed by atoms with Crippen molar-refractivity contribution >= 4 is 35.0 Å². The van der Waals surface area contributed by atoms with Crippen LogP contribution in [0.25, 0.3) is 0 Å². The van der Waals surface area contributed by atoms with Crippen molar-refractivity contribution in [2.45, 2.75) is 11.1 Å². The summed E-state index contributed by atoms with van der Waals surface area (Å²) in [5.74, 6) is -0.301. The Morgan fingerprint density at radius 2 is 1.60 bits per heavy atom. The maximum Gasteiger partial charge on any atom is 0.272 e. The van der Waals surface area contributed by atoms with Crippen molar-refractivity contribution in [1.82, 2.24) is 5.32 Å².